The lowest BCUT2D eigenvalue weighted by atomic mass is 10.1. The van der Waals surface area contributed by atoms with Crippen LogP contribution in [0.4, 0.5) is 0 Å². The van der Waals surface area contributed by atoms with Crippen LogP contribution >= 0.6 is 0 Å². The van der Waals surface area contributed by atoms with Crippen molar-refractivity contribution in [2.75, 3.05) is 20.6 Å². The second kappa shape index (κ2) is 10.2. The topological polar surface area (TPSA) is 108 Å². The highest BCUT2D eigenvalue weighted by atomic mass is 16.5. The number of hydroxylamine groups is 1. The summed E-state index contributed by atoms with van der Waals surface area (Å²) in [7, 11) is 4.05. The Kier molecular flexibility index (Phi) is 7.72. The minimum Gasteiger partial charge on any atom is -0.339 e. The molecule has 0 spiro atoms. The number of carbonyl (C=O) groups is 2. The third-order valence-corrected chi connectivity index (χ3v) is 3.92. The van der Waals surface area contributed by atoms with Crippen LogP contribution in [-0.4, -0.2) is 48.6 Å². The van der Waals surface area contributed by atoms with Crippen LogP contribution in [0, 0.1) is 11.8 Å². The van der Waals surface area contributed by atoms with Crippen LogP contribution in [0.3, 0.4) is 0 Å². The summed E-state index contributed by atoms with van der Waals surface area (Å²) in [5.41, 5.74) is 10.1. The number of amides is 2. The molecule has 0 bridgehead atoms. The van der Waals surface area contributed by atoms with E-state index >= 15 is 0 Å². The Bertz CT molecular complexity index is 865. The highest BCUT2D eigenvalue weighted by molar-refractivity contribution is 5.97. The fourth-order valence-corrected chi connectivity index (χ4v) is 2.46. The first-order valence-corrected chi connectivity index (χ1v) is 8.73. The molecule has 0 aliphatic heterocycles. The minimum absolute atomic E-state index is 0.130. The molecule has 28 heavy (non-hydrogen) atoms. The third-order valence-electron chi connectivity index (χ3n) is 3.92. The number of carbonyl (C=O) groups excluding carboxylic acids is 2. The van der Waals surface area contributed by atoms with Gasteiger partial charge in [-0.3, -0.25) is 14.8 Å². The summed E-state index contributed by atoms with van der Waals surface area (Å²) < 4.78 is 0. The van der Waals surface area contributed by atoms with E-state index in [4.69, 9.17) is 10.9 Å². The second-order valence-corrected chi connectivity index (χ2v) is 6.50. The van der Waals surface area contributed by atoms with Gasteiger partial charge in [0.2, 0.25) is 0 Å². The standard InChI is InChI=1S/C21H24N4O3/c1-25(2)14-17-7-5-15(6-8-17)3-4-16-9-11-18(12-10-16)20(26)23-19(13-22)21(27)24-28/h5-12,19,28H,13-14,22H2,1-2H3,(H,23,26)(H,24,27)/t19-/m0/s1. The Morgan fingerprint density at radius 3 is 2.04 bits per heavy atom. The lowest BCUT2D eigenvalue weighted by Crippen LogP contribution is -2.50. The molecule has 0 radical (unpaired) electrons. The van der Waals surface area contributed by atoms with Crippen LogP contribution in [0.2, 0.25) is 0 Å². The van der Waals surface area contributed by atoms with Gasteiger partial charge in [0, 0.05) is 29.8 Å². The summed E-state index contributed by atoms with van der Waals surface area (Å²) in [6.07, 6.45) is 0. The second-order valence-electron chi connectivity index (χ2n) is 6.50. The molecule has 0 heterocycles. The minimum atomic E-state index is -1.01. The van der Waals surface area contributed by atoms with Crippen molar-refractivity contribution >= 4 is 11.8 Å². The number of nitrogens with zero attached hydrogens (tertiary/aromatic N) is 1. The maximum Gasteiger partial charge on any atom is 0.267 e. The SMILES string of the molecule is CN(C)Cc1ccc(C#Cc2ccc(C(=O)N[C@@H](CN)C(=O)NO)cc2)cc1. The van der Waals surface area contributed by atoms with Gasteiger partial charge in [-0.1, -0.05) is 24.0 Å². The first-order chi connectivity index (χ1) is 13.4. The summed E-state index contributed by atoms with van der Waals surface area (Å²) in [4.78, 5) is 25.6. The van der Waals surface area contributed by atoms with Gasteiger partial charge >= 0.3 is 0 Å². The van der Waals surface area contributed by atoms with Gasteiger partial charge in [0.1, 0.15) is 6.04 Å². The highest BCUT2D eigenvalue weighted by Gasteiger charge is 2.19. The molecule has 7 nitrogen and oxygen atoms in total. The van der Waals surface area contributed by atoms with Gasteiger partial charge in [0.15, 0.2) is 0 Å². The van der Waals surface area contributed by atoms with Gasteiger partial charge in [0.05, 0.1) is 0 Å². The van der Waals surface area contributed by atoms with Crippen LogP contribution < -0.4 is 16.5 Å². The fourth-order valence-electron chi connectivity index (χ4n) is 2.46. The normalized spacial score (nSPS) is 11.3. The molecule has 146 valence electrons. The van der Waals surface area contributed by atoms with E-state index in [9.17, 15) is 9.59 Å². The molecule has 7 heteroatoms. The van der Waals surface area contributed by atoms with Gasteiger partial charge in [-0.25, -0.2) is 5.48 Å². The molecule has 2 amide bonds. The molecular formula is C21H24N4O3. The van der Waals surface area contributed by atoms with Crippen molar-refractivity contribution in [1.29, 1.82) is 0 Å². The summed E-state index contributed by atoms with van der Waals surface area (Å²) in [5, 5.41) is 11.1. The zero-order valence-electron chi connectivity index (χ0n) is 15.9. The van der Waals surface area contributed by atoms with Crippen molar-refractivity contribution in [3.8, 4) is 11.8 Å². The van der Waals surface area contributed by atoms with E-state index < -0.39 is 17.9 Å². The van der Waals surface area contributed by atoms with E-state index in [1.165, 1.54) is 11.0 Å². The molecule has 2 aromatic carbocycles. The number of nitrogens with two attached hydrogens (primary N) is 1. The van der Waals surface area contributed by atoms with Crippen LogP contribution in [0.5, 0.6) is 0 Å². The predicted molar refractivity (Wildman–Crippen MR) is 106 cm³/mol. The molecule has 0 aliphatic carbocycles. The van der Waals surface area contributed by atoms with Crippen molar-refractivity contribution in [1.82, 2.24) is 15.7 Å². The Morgan fingerprint density at radius 2 is 1.57 bits per heavy atom. The maximum atomic E-state index is 12.2. The van der Waals surface area contributed by atoms with Crippen molar-refractivity contribution < 1.29 is 14.8 Å². The van der Waals surface area contributed by atoms with E-state index in [-0.39, 0.29) is 6.54 Å². The molecule has 0 aliphatic rings. The van der Waals surface area contributed by atoms with Gasteiger partial charge in [-0.2, -0.15) is 0 Å². The predicted octanol–water partition coefficient (Wildman–Crippen LogP) is 0.711. The first kappa shape index (κ1) is 21.1. The number of hydrogen-bond acceptors (Lipinski definition) is 5. The molecule has 2 aromatic rings. The zero-order valence-corrected chi connectivity index (χ0v) is 15.9. The van der Waals surface area contributed by atoms with Crippen molar-refractivity contribution in [2.24, 2.45) is 5.73 Å². The molecule has 0 saturated carbocycles. The van der Waals surface area contributed by atoms with E-state index in [2.05, 4.69) is 22.1 Å². The summed E-state index contributed by atoms with van der Waals surface area (Å²) >= 11 is 0. The molecule has 0 aromatic heterocycles. The number of rotatable bonds is 6. The number of hydrogen-bond donors (Lipinski definition) is 4. The molecule has 2 rings (SSSR count). The number of benzene rings is 2. The van der Waals surface area contributed by atoms with E-state index in [1.54, 1.807) is 24.3 Å². The van der Waals surface area contributed by atoms with Crippen LogP contribution in [-0.2, 0) is 11.3 Å². The van der Waals surface area contributed by atoms with E-state index in [0.717, 1.165) is 17.7 Å². The largest absolute Gasteiger partial charge is 0.339 e. The monoisotopic (exact) mass is 380 g/mol. The average molecular weight is 380 g/mol. The van der Waals surface area contributed by atoms with Gasteiger partial charge in [0.25, 0.3) is 11.8 Å². The van der Waals surface area contributed by atoms with Crippen molar-refractivity contribution in [3.05, 3.63) is 70.8 Å². The molecule has 1 atom stereocenters. The smallest absolute Gasteiger partial charge is 0.267 e. The molecule has 0 saturated heterocycles. The van der Waals surface area contributed by atoms with Crippen molar-refractivity contribution in [3.63, 3.8) is 0 Å². The Hall–Kier alpha value is -3.18. The maximum absolute atomic E-state index is 12.2. The molecular weight excluding hydrogens is 356 g/mol. The van der Waals surface area contributed by atoms with Crippen molar-refractivity contribution in [2.45, 2.75) is 12.6 Å². The summed E-state index contributed by atoms with van der Waals surface area (Å²) in [6, 6.07) is 13.7. The van der Waals surface area contributed by atoms with Gasteiger partial charge in [-0.15, -0.1) is 0 Å². The highest BCUT2D eigenvalue weighted by Crippen LogP contribution is 2.07. The number of nitrogens with one attached hydrogen (secondary N) is 2. The Labute approximate surface area is 164 Å². The van der Waals surface area contributed by atoms with Crippen LogP contribution in [0.15, 0.2) is 48.5 Å². The third kappa shape index (κ3) is 6.21. The molecule has 0 fully saturated rings. The fraction of sp³-hybridized carbons (Fsp3) is 0.238. The van der Waals surface area contributed by atoms with E-state index in [1.807, 2.05) is 38.4 Å². The van der Waals surface area contributed by atoms with E-state index in [0.29, 0.717) is 5.56 Å². The van der Waals surface area contributed by atoms with Crippen LogP contribution in [0.1, 0.15) is 27.0 Å². The summed E-state index contributed by atoms with van der Waals surface area (Å²) in [5.74, 6) is 4.92. The Morgan fingerprint density at radius 1 is 1.04 bits per heavy atom. The van der Waals surface area contributed by atoms with Gasteiger partial charge < -0.3 is 16.0 Å². The first-order valence-electron chi connectivity index (χ1n) is 8.73. The zero-order chi connectivity index (χ0) is 20.5. The average Bonchev–Trinajstić information content (AvgIpc) is 2.70. The van der Waals surface area contributed by atoms with Gasteiger partial charge in [-0.05, 0) is 56.1 Å². The summed E-state index contributed by atoms with van der Waals surface area (Å²) in [6.45, 7) is 0.747. The Balaban J connectivity index is 2.02. The lowest BCUT2D eigenvalue weighted by molar-refractivity contribution is -0.130. The molecule has 0 unspecified atom stereocenters. The lowest BCUT2D eigenvalue weighted by Gasteiger charge is -2.14. The van der Waals surface area contributed by atoms with Crippen LogP contribution in [0.25, 0.3) is 0 Å². The quantitative estimate of drug-likeness (QED) is 0.335. The molecule has 5 N–H and O–H groups in total.